The molecule has 0 radical (unpaired) electrons. The summed E-state index contributed by atoms with van der Waals surface area (Å²) in [4.78, 5) is 10.7. The van der Waals surface area contributed by atoms with Crippen LogP contribution in [0.4, 0.5) is 0 Å². The van der Waals surface area contributed by atoms with Crippen LogP contribution in [0.5, 0.6) is 0 Å². The number of benzene rings is 7. The summed E-state index contributed by atoms with van der Waals surface area (Å²) in [5, 5.41) is 7.88. The Labute approximate surface area is 267 Å². The van der Waals surface area contributed by atoms with Crippen LogP contribution < -0.4 is 0 Å². The van der Waals surface area contributed by atoms with Crippen molar-refractivity contribution in [1.82, 2.24) is 14.5 Å². The molecule has 4 heteroatoms. The monoisotopic (exact) mass is 601 g/mol. The second-order valence-electron chi connectivity index (χ2n) is 12.1. The third-order valence-corrected chi connectivity index (χ3v) is 10.8. The summed E-state index contributed by atoms with van der Waals surface area (Å²) in [5.41, 5.74) is 11.0. The molecule has 10 aromatic rings. The molecule has 0 spiro atoms. The molecule has 46 heavy (non-hydrogen) atoms. The average molecular weight is 602 g/mol. The van der Waals surface area contributed by atoms with Gasteiger partial charge in [0.2, 0.25) is 0 Å². The third-order valence-electron chi connectivity index (χ3n) is 9.72. The van der Waals surface area contributed by atoms with E-state index in [2.05, 4.69) is 132 Å². The molecule has 0 atom stereocenters. The first-order valence-corrected chi connectivity index (χ1v) is 16.4. The summed E-state index contributed by atoms with van der Waals surface area (Å²) < 4.78 is 5.02. The van der Waals surface area contributed by atoms with Crippen molar-refractivity contribution in [2.75, 3.05) is 0 Å². The smallest absolute Gasteiger partial charge is 0.165 e. The first-order valence-electron chi connectivity index (χ1n) is 15.6. The summed E-state index contributed by atoms with van der Waals surface area (Å²) in [5.74, 6) is 0.850. The van der Waals surface area contributed by atoms with Gasteiger partial charge < -0.3 is 0 Å². The van der Waals surface area contributed by atoms with E-state index in [1.165, 1.54) is 64.0 Å². The van der Waals surface area contributed by atoms with Gasteiger partial charge in [0.05, 0.1) is 22.1 Å². The molecular weight excluding hydrogens is 579 g/mol. The number of thiophene rings is 1. The number of nitrogens with zero attached hydrogens (tertiary/aromatic N) is 3. The van der Waals surface area contributed by atoms with Gasteiger partial charge >= 0.3 is 0 Å². The van der Waals surface area contributed by atoms with Gasteiger partial charge in [-0.2, -0.15) is 0 Å². The minimum atomic E-state index is 0.850. The Balaban J connectivity index is 1.30. The molecule has 0 fully saturated rings. The van der Waals surface area contributed by atoms with Crippen molar-refractivity contribution in [3.8, 4) is 39.3 Å². The van der Waals surface area contributed by atoms with Crippen LogP contribution in [-0.2, 0) is 0 Å². The SMILES string of the molecule is c1ccc(-c2ccc(-c3nc4ccccc4nc3-n3c4ccc5cccc6c5c4c4c5c(ccc43)sc3cccc-6c35)cc2)cc1. The van der Waals surface area contributed by atoms with Crippen LogP contribution in [0.25, 0.3) is 103 Å². The van der Waals surface area contributed by atoms with Crippen LogP contribution >= 0.6 is 11.3 Å². The lowest BCUT2D eigenvalue weighted by atomic mass is 9.95. The molecule has 3 heterocycles. The molecule has 0 saturated carbocycles. The Morgan fingerprint density at radius 1 is 0.413 bits per heavy atom. The zero-order valence-electron chi connectivity index (χ0n) is 24.5. The van der Waals surface area contributed by atoms with Crippen molar-refractivity contribution in [3.63, 3.8) is 0 Å². The zero-order valence-corrected chi connectivity index (χ0v) is 25.3. The van der Waals surface area contributed by atoms with Crippen molar-refractivity contribution in [2.24, 2.45) is 0 Å². The highest BCUT2D eigenvalue weighted by Crippen LogP contribution is 2.52. The Bertz CT molecular complexity index is 2900. The van der Waals surface area contributed by atoms with E-state index in [-0.39, 0.29) is 0 Å². The molecule has 1 aliphatic carbocycles. The number of hydrogen-bond acceptors (Lipinski definition) is 3. The van der Waals surface area contributed by atoms with Gasteiger partial charge in [0.15, 0.2) is 5.82 Å². The van der Waals surface area contributed by atoms with Gasteiger partial charge in [-0.15, -0.1) is 11.3 Å². The number of fused-ring (bicyclic) bond motifs is 2. The van der Waals surface area contributed by atoms with Crippen LogP contribution in [0.1, 0.15) is 0 Å². The first-order chi connectivity index (χ1) is 22.8. The zero-order chi connectivity index (χ0) is 29.9. The third kappa shape index (κ3) is 3.16. The minimum Gasteiger partial charge on any atom is -0.292 e. The van der Waals surface area contributed by atoms with Crippen LogP contribution in [-0.4, -0.2) is 14.5 Å². The maximum atomic E-state index is 5.40. The number of aromatic nitrogens is 3. The van der Waals surface area contributed by atoms with Crippen LogP contribution in [0.3, 0.4) is 0 Å². The normalized spacial score (nSPS) is 12.3. The minimum absolute atomic E-state index is 0.850. The van der Waals surface area contributed by atoms with E-state index in [1.54, 1.807) is 0 Å². The first kappa shape index (κ1) is 24.5. The van der Waals surface area contributed by atoms with Crippen molar-refractivity contribution in [3.05, 3.63) is 140 Å². The summed E-state index contributed by atoms with van der Waals surface area (Å²) in [6, 6.07) is 50.1. The van der Waals surface area contributed by atoms with Crippen molar-refractivity contribution >= 4 is 75.1 Å². The molecule has 0 aliphatic heterocycles. The quantitative estimate of drug-likeness (QED) is 0.202. The fourth-order valence-corrected chi connectivity index (χ4v) is 8.88. The van der Waals surface area contributed by atoms with E-state index in [4.69, 9.17) is 9.97 Å². The molecule has 0 N–H and O–H groups in total. The molecule has 1 aliphatic rings. The molecule has 3 aromatic heterocycles. The molecule has 3 nitrogen and oxygen atoms in total. The highest BCUT2D eigenvalue weighted by Gasteiger charge is 2.27. The number of hydrogen-bond donors (Lipinski definition) is 0. The van der Waals surface area contributed by atoms with E-state index in [1.807, 2.05) is 23.5 Å². The average Bonchev–Trinajstić information content (AvgIpc) is 3.63. The topological polar surface area (TPSA) is 30.7 Å². The summed E-state index contributed by atoms with van der Waals surface area (Å²) in [6.07, 6.45) is 0. The van der Waals surface area contributed by atoms with Gasteiger partial charge in [-0.3, -0.25) is 4.57 Å². The fraction of sp³-hybridized carbons (Fsp3) is 0. The lowest BCUT2D eigenvalue weighted by Crippen LogP contribution is -2.03. The van der Waals surface area contributed by atoms with Crippen molar-refractivity contribution < 1.29 is 0 Å². The molecule has 11 rings (SSSR count). The predicted molar refractivity (Wildman–Crippen MR) is 194 cm³/mol. The van der Waals surface area contributed by atoms with Crippen molar-refractivity contribution in [1.29, 1.82) is 0 Å². The predicted octanol–water partition coefficient (Wildman–Crippen LogP) is 11.6. The van der Waals surface area contributed by atoms with Gasteiger partial charge in [0.1, 0.15) is 5.69 Å². The lowest BCUT2D eigenvalue weighted by Gasteiger charge is -2.15. The Hall–Kier alpha value is -5.84. The molecule has 7 aromatic carbocycles. The maximum Gasteiger partial charge on any atom is 0.165 e. The second-order valence-corrected chi connectivity index (χ2v) is 13.2. The van der Waals surface area contributed by atoms with Crippen LogP contribution in [0, 0.1) is 0 Å². The molecule has 0 saturated heterocycles. The van der Waals surface area contributed by atoms with E-state index in [0.717, 1.165) is 39.1 Å². The largest absolute Gasteiger partial charge is 0.292 e. The van der Waals surface area contributed by atoms with Gasteiger partial charge in [-0.1, -0.05) is 103 Å². The Kier molecular flexibility index (Phi) is 4.72. The summed E-state index contributed by atoms with van der Waals surface area (Å²) in [6.45, 7) is 0. The molecule has 212 valence electrons. The Morgan fingerprint density at radius 3 is 1.87 bits per heavy atom. The van der Waals surface area contributed by atoms with Crippen molar-refractivity contribution in [2.45, 2.75) is 0 Å². The van der Waals surface area contributed by atoms with Gasteiger partial charge in [-0.25, -0.2) is 9.97 Å². The van der Waals surface area contributed by atoms with Gasteiger partial charge in [0.25, 0.3) is 0 Å². The molecular formula is C42H23N3S. The number of rotatable bonds is 3. The lowest BCUT2D eigenvalue weighted by molar-refractivity contribution is 1.08. The van der Waals surface area contributed by atoms with E-state index in [9.17, 15) is 0 Å². The van der Waals surface area contributed by atoms with E-state index < -0.39 is 0 Å². The molecule has 0 unspecified atom stereocenters. The highest BCUT2D eigenvalue weighted by molar-refractivity contribution is 7.26. The molecule has 0 amide bonds. The standard InChI is InChI=1S/C42H23N3S/c1-2-8-24(9-3-1)25-16-18-27(19-17-25)41-42(44-31-14-5-4-13-30(31)43-41)45-32-21-20-26-10-6-11-28-29-12-7-15-34-37(29)40-35(46-34)23-22-33(45)39(40)38(32)36(26)28/h1-23H. The summed E-state index contributed by atoms with van der Waals surface area (Å²) >= 11 is 1.89. The maximum absolute atomic E-state index is 5.40. The number of para-hydroxylation sites is 2. The van der Waals surface area contributed by atoms with Gasteiger partial charge in [0, 0.05) is 36.5 Å². The molecule has 0 bridgehead atoms. The summed E-state index contributed by atoms with van der Waals surface area (Å²) in [7, 11) is 0. The van der Waals surface area contributed by atoms with E-state index >= 15 is 0 Å². The van der Waals surface area contributed by atoms with Crippen LogP contribution in [0.2, 0.25) is 0 Å². The van der Waals surface area contributed by atoms with Gasteiger partial charge in [-0.05, 0) is 69.4 Å². The van der Waals surface area contributed by atoms with E-state index in [0.29, 0.717) is 0 Å². The highest BCUT2D eigenvalue weighted by atomic mass is 32.1. The van der Waals surface area contributed by atoms with Crippen LogP contribution in [0.15, 0.2) is 140 Å². The second kappa shape index (κ2) is 8.87. The fourth-order valence-electron chi connectivity index (χ4n) is 7.74. The Morgan fingerprint density at radius 2 is 1.04 bits per heavy atom.